The number of para-hydroxylation sites is 1. The highest BCUT2D eigenvalue weighted by molar-refractivity contribution is 5.99. The van der Waals surface area contributed by atoms with Crippen molar-refractivity contribution in [2.45, 2.75) is 33.2 Å². The Bertz CT molecular complexity index is 988. The van der Waals surface area contributed by atoms with Crippen LogP contribution in [0.4, 0.5) is 16.2 Å². The zero-order valence-electron chi connectivity index (χ0n) is 17.2. The quantitative estimate of drug-likeness (QED) is 0.557. The van der Waals surface area contributed by atoms with Crippen LogP contribution in [0.25, 0.3) is 5.69 Å². The molecule has 0 unspecified atom stereocenters. The van der Waals surface area contributed by atoms with Gasteiger partial charge in [0.25, 0.3) is 0 Å². The van der Waals surface area contributed by atoms with E-state index in [1.165, 1.54) is 11.0 Å². The molecule has 0 aliphatic carbocycles. The average Bonchev–Trinajstić information content (AvgIpc) is 3.24. The molecule has 156 valence electrons. The Morgan fingerprint density at radius 3 is 2.50 bits per heavy atom. The van der Waals surface area contributed by atoms with Crippen molar-refractivity contribution in [2.75, 3.05) is 10.6 Å². The highest BCUT2D eigenvalue weighted by Crippen LogP contribution is 2.19. The first-order valence-corrected chi connectivity index (χ1v) is 9.70. The van der Waals surface area contributed by atoms with E-state index in [1.54, 1.807) is 18.2 Å². The lowest BCUT2D eigenvalue weighted by Gasteiger charge is -2.21. The van der Waals surface area contributed by atoms with Gasteiger partial charge < -0.3 is 16.0 Å². The maximum atomic E-state index is 12.7. The van der Waals surface area contributed by atoms with Crippen molar-refractivity contribution in [1.82, 2.24) is 25.5 Å². The van der Waals surface area contributed by atoms with Crippen LogP contribution in [0.2, 0.25) is 0 Å². The second-order valence-electron chi connectivity index (χ2n) is 7.39. The minimum Gasteiger partial charge on any atom is -0.326 e. The first-order chi connectivity index (χ1) is 14.4. The molecule has 3 rings (SSSR count). The van der Waals surface area contributed by atoms with Gasteiger partial charge in [0, 0.05) is 11.4 Å². The number of carbonyl (C=O) groups excluding carboxylic acids is 2. The van der Waals surface area contributed by atoms with E-state index in [0.29, 0.717) is 23.5 Å². The molecule has 1 heterocycles. The molecule has 3 amide bonds. The Morgan fingerprint density at radius 2 is 1.83 bits per heavy atom. The molecule has 0 radical (unpaired) electrons. The van der Waals surface area contributed by atoms with E-state index >= 15 is 0 Å². The fourth-order valence-electron chi connectivity index (χ4n) is 2.94. The number of hydrogen-bond donors (Lipinski definition) is 3. The number of benzene rings is 2. The second kappa shape index (κ2) is 9.64. The standard InChI is InChI=1S/C21H25N7O2/c1-14(2)11-19(20(29)23-16-7-5-4-6-8-16)25-21(30)24-18-12-17(10-9-15(18)3)28-13-22-26-27-28/h4-10,12-14,19H,11H2,1-3H3,(H,23,29)(H2,24,25,30)/t19-/m0/s1. The Hall–Kier alpha value is -3.75. The molecule has 1 aromatic heterocycles. The molecule has 3 aromatic rings. The number of nitrogens with one attached hydrogen (secondary N) is 3. The van der Waals surface area contributed by atoms with Crippen LogP contribution < -0.4 is 16.0 Å². The van der Waals surface area contributed by atoms with Crippen molar-refractivity contribution in [3.63, 3.8) is 0 Å². The van der Waals surface area contributed by atoms with Crippen LogP contribution in [0.15, 0.2) is 54.9 Å². The minimum absolute atomic E-state index is 0.224. The van der Waals surface area contributed by atoms with Gasteiger partial charge in [-0.25, -0.2) is 9.48 Å². The fraction of sp³-hybridized carbons (Fsp3) is 0.286. The monoisotopic (exact) mass is 407 g/mol. The topological polar surface area (TPSA) is 114 Å². The fourth-order valence-corrected chi connectivity index (χ4v) is 2.94. The molecule has 0 aliphatic heterocycles. The largest absolute Gasteiger partial charge is 0.326 e. The van der Waals surface area contributed by atoms with Crippen LogP contribution in [0.3, 0.4) is 0 Å². The average molecular weight is 407 g/mol. The lowest BCUT2D eigenvalue weighted by molar-refractivity contribution is -0.118. The molecule has 0 aliphatic rings. The third-order valence-corrected chi connectivity index (χ3v) is 4.45. The van der Waals surface area contributed by atoms with Crippen LogP contribution >= 0.6 is 0 Å². The van der Waals surface area contributed by atoms with E-state index in [-0.39, 0.29) is 11.8 Å². The smallest absolute Gasteiger partial charge is 0.319 e. The molecule has 2 aromatic carbocycles. The van der Waals surface area contributed by atoms with Crippen LogP contribution in [-0.4, -0.2) is 38.2 Å². The second-order valence-corrected chi connectivity index (χ2v) is 7.39. The molecule has 9 nitrogen and oxygen atoms in total. The van der Waals surface area contributed by atoms with Gasteiger partial charge in [-0.3, -0.25) is 4.79 Å². The van der Waals surface area contributed by atoms with E-state index in [0.717, 1.165) is 5.56 Å². The Kier molecular flexibility index (Phi) is 6.74. The number of tetrazole rings is 1. The lowest BCUT2D eigenvalue weighted by atomic mass is 10.0. The number of hydrogen-bond acceptors (Lipinski definition) is 5. The number of anilines is 2. The summed E-state index contributed by atoms with van der Waals surface area (Å²) >= 11 is 0. The van der Waals surface area contributed by atoms with Crippen LogP contribution in [0.5, 0.6) is 0 Å². The number of amides is 3. The summed E-state index contributed by atoms with van der Waals surface area (Å²) in [7, 11) is 0. The number of nitrogens with zero attached hydrogens (tertiary/aromatic N) is 4. The summed E-state index contributed by atoms with van der Waals surface area (Å²) in [5.74, 6) is -0.0362. The Labute approximate surface area is 174 Å². The maximum Gasteiger partial charge on any atom is 0.319 e. The molecule has 3 N–H and O–H groups in total. The number of aromatic nitrogens is 4. The third-order valence-electron chi connectivity index (χ3n) is 4.45. The third kappa shape index (κ3) is 5.63. The molecule has 0 saturated heterocycles. The van der Waals surface area contributed by atoms with Crippen molar-refractivity contribution in [3.8, 4) is 5.69 Å². The molecule has 1 atom stereocenters. The Balaban J connectivity index is 1.70. The summed E-state index contributed by atoms with van der Waals surface area (Å²) in [6, 6.07) is 13.5. The van der Waals surface area contributed by atoms with Gasteiger partial charge in [-0.15, -0.1) is 5.10 Å². The number of aryl methyl sites for hydroxylation is 1. The summed E-state index contributed by atoms with van der Waals surface area (Å²) in [6.45, 7) is 5.89. The predicted octanol–water partition coefficient (Wildman–Crippen LogP) is 3.15. The highest BCUT2D eigenvalue weighted by Gasteiger charge is 2.22. The van der Waals surface area contributed by atoms with Crippen LogP contribution in [-0.2, 0) is 4.79 Å². The van der Waals surface area contributed by atoms with Gasteiger partial charge in [0.05, 0.1) is 5.69 Å². The number of carbonyl (C=O) groups is 2. The van der Waals surface area contributed by atoms with Crippen molar-refractivity contribution in [1.29, 1.82) is 0 Å². The van der Waals surface area contributed by atoms with Crippen molar-refractivity contribution >= 4 is 23.3 Å². The normalized spacial score (nSPS) is 11.7. The minimum atomic E-state index is -0.673. The van der Waals surface area contributed by atoms with Gasteiger partial charge in [-0.05, 0) is 59.5 Å². The van der Waals surface area contributed by atoms with E-state index in [9.17, 15) is 9.59 Å². The molecular weight excluding hydrogens is 382 g/mol. The van der Waals surface area contributed by atoms with E-state index in [4.69, 9.17) is 0 Å². The highest BCUT2D eigenvalue weighted by atomic mass is 16.2. The van der Waals surface area contributed by atoms with E-state index < -0.39 is 12.1 Å². The summed E-state index contributed by atoms with van der Waals surface area (Å²) in [5, 5.41) is 19.6. The zero-order valence-corrected chi connectivity index (χ0v) is 17.2. The van der Waals surface area contributed by atoms with Crippen LogP contribution in [0, 0.1) is 12.8 Å². The van der Waals surface area contributed by atoms with Gasteiger partial charge in [-0.1, -0.05) is 38.1 Å². The van der Waals surface area contributed by atoms with Crippen molar-refractivity contribution in [2.24, 2.45) is 5.92 Å². The summed E-state index contributed by atoms with van der Waals surface area (Å²) in [6.07, 6.45) is 1.98. The number of urea groups is 1. The van der Waals surface area contributed by atoms with Gasteiger partial charge in [0.2, 0.25) is 5.91 Å². The predicted molar refractivity (Wildman–Crippen MR) is 114 cm³/mol. The van der Waals surface area contributed by atoms with Crippen molar-refractivity contribution < 1.29 is 9.59 Å². The summed E-state index contributed by atoms with van der Waals surface area (Å²) in [5.41, 5.74) is 2.87. The van der Waals surface area contributed by atoms with E-state index in [2.05, 4.69) is 31.5 Å². The lowest BCUT2D eigenvalue weighted by Crippen LogP contribution is -2.46. The maximum absolute atomic E-state index is 12.7. The first kappa shape index (κ1) is 21.0. The summed E-state index contributed by atoms with van der Waals surface area (Å²) < 4.78 is 1.50. The van der Waals surface area contributed by atoms with E-state index in [1.807, 2.05) is 51.1 Å². The molecule has 0 saturated carbocycles. The molecule has 0 fully saturated rings. The van der Waals surface area contributed by atoms with Crippen molar-refractivity contribution in [3.05, 3.63) is 60.4 Å². The molecule has 0 spiro atoms. The summed E-state index contributed by atoms with van der Waals surface area (Å²) in [4.78, 5) is 25.4. The van der Waals surface area contributed by atoms with Crippen LogP contribution in [0.1, 0.15) is 25.8 Å². The molecular formula is C21H25N7O2. The van der Waals surface area contributed by atoms with Gasteiger partial charge in [-0.2, -0.15) is 0 Å². The van der Waals surface area contributed by atoms with Gasteiger partial charge >= 0.3 is 6.03 Å². The molecule has 30 heavy (non-hydrogen) atoms. The van der Waals surface area contributed by atoms with Gasteiger partial charge in [0.15, 0.2) is 0 Å². The first-order valence-electron chi connectivity index (χ1n) is 9.70. The molecule has 0 bridgehead atoms. The zero-order chi connectivity index (χ0) is 21.5. The number of rotatable bonds is 7. The van der Waals surface area contributed by atoms with Gasteiger partial charge in [0.1, 0.15) is 12.4 Å². The Morgan fingerprint density at radius 1 is 1.07 bits per heavy atom. The molecule has 9 heteroatoms. The SMILES string of the molecule is Cc1ccc(-n2cnnn2)cc1NC(=O)N[C@@H](CC(C)C)C(=O)Nc1ccccc1.